The second kappa shape index (κ2) is 4.57. The van der Waals surface area contributed by atoms with Crippen LogP contribution in [0.15, 0.2) is 18.2 Å². The molecule has 2 rings (SSSR count). The Balaban J connectivity index is 2.50. The summed E-state index contributed by atoms with van der Waals surface area (Å²) in [6.45, 7) is 0. The fourth-order valence-electron chi connectivity index (χ4n) is 2.56. The van der Waals surface area contributed by atoms with Crippen LogP contribution >= 0.6 is 11.6 Å². The van der Waals surface area contributed by atoms with Crippen LogP contribution in [-0.2, 0) is 10.2 Å². The standard InChI is InChI=1S/C13H15ClO3/c1-17-11-7-9(6-10(14)8-11)13(12(15)16)4-2-3-5-13/h6-8H,2-5H2,1H3,(H,15,16). The van der Waals surface area contributed by atoms with E-state index in [1.54, 1.807) is 25.3 Å². The van der Waals surface area contributed by atoms with Gasteiger partial charge < -0.3 is 9.84 Å². The van der Waals surface area contributed by atoms with E-state index in [4.69, 9.17) is 16.3 Å². The average Bonchev–Trinajstić information content (AvgIpc) is 2.78. The van der Waals surface area contributed by atoms with Crippen LogP contribution < -0.4 is 4.74 Å². The molecule has 17 heavy (non-hydrogen) atoms. The zero-order valence-electron chi connectivity index (χ0n) is 9.70. The smallest absolute Gasteiger partial charge is 0.314 e. The molecular formula is C13H15ClO3. The van der Waals surface area contributed by atoms with Gasteiger partial charge in [-0.25, -0.2) is 0 Å². The molecule has 1 N–H and O–H groups in total. The van der Waals surface area contributed by atoms with Gasteiger partial charge in [0.2, 0.25) is 0 Å². The van der Waals surface area contributed by atoms with Crippen molar-refractivity contribution in [2.75, 3.05) is 7.11 Å². The molecule has 0 aromatic heterocycles. The first-order valence-electron chi connectivity index (χ1n) is 5.67. The summed E-state index contributed by atoms with van der Waals surface area (Å²) in [5.74, 6) is -0.153. The second-order valence-electron chi connectivity index (χ2n) is 4.47. The van der Waals surface area contributed by atoms with E-state index in [-0.39, 0.29) is 0 Å². The minimum absolute atomic E-state index is 0.520. The normalized spacial score (nSPS) is 18.0. The Hall–Kier alpha value is -1.22. The van der Waals surface area contributed by atoms with Crippen LogP contribution in [0.5, 0.6) is 5.75 Å². The van der Waals surface area contributed by atoms with E-state index in [0.29, 0.717) is 23.6 Å². The molecule has 1 aliphatic carbocycles. The number of benzene rings is 1. The quantitative estimate of drug-likeness (QED) is 0.901. The van der Waals surface area contributed by atoms with Crippen molar-refractivity contribution in [2.45, 2.75) is 31.1 Å². The second-order valence-corrected chi connectivity index (χ2v) is 4.91. The van der Waals surface area contributed by atoms with Gasteiger partial charge in [-0.1, -0.05) is 24.4 Å². The first-order valence-corrected chi connectivity index (χ1v) is 6.05. The van der Waals surface area contributed by atoms with Crippen molar-refractivity contribution in [1.82, 2.24) is 0 Å². The largest absolute Gasteiger partial charge is 0.497 e. The summed E-state index contributed by atoms with van der Waals surface area (Å²) in [5.41, 5.74) is -0.0232. The first kappa shape index (κ1) is 12.2. The number of hydrogen-bond acceptors (Lipinski definition) is 2. The van der Waals surface area contributed by atoms with Gasteiger partial charge in [0.15, 0.2) is 0 Å². The fourth-order valence-corrected chi connectivity index (χ4v) is 2.79. The highest BCUT2D eigenvalue weighted by molar-refractivity contribution is 6.30. The Bertz CT molecular complexity index is 436. The predicted molar refractivity (Wildman–Crippen MR) is 65.8 cm³/mol. The molecule has 1 aliphatic rings. The SMILES string of the molecule is COc1cc(Cl)cc(C2(C(=O)O)CCCC2)c1. The third-order valence-electron chi connectivity index (χ3n) is 3.53. The minimum atomic E-state index is -0.780. The molecule has 1 aromatic rings. The fraction of sp³-hybridized carbons (Fsp3) is 0.462. The average molecular weight is 255 g/mol. The van der Waals surface area contributed by atoms with E-state index in [9.17, 15) is 9.90 Å². The summed E-state index contributed by atoms with van der Waals surface area (Å²) in [7, 11) is 1.55. The zero-order chi connectivity index (χ0) is 12.5. The molecule has 0 saturated heterocycles. The third kappa shape index (κ3) is 2.12. The molecule has 4 heteroatoms. The number of carboxylic acids is 1. The molecule has 0 atom stereocenters. The lowest BCUT2D eigenvalue weighted by atomic mass is 9.79. The van der Waals surface area contributed by atoms with Crippen LogP contribution in [-0.4, -0.2) is 18.2 Å². The molecule has 0 heterocycles. The van der Waals surface area contributed by atoms with Gasteiger partial charge in [0, 0.05) is 5.02 Å². The molecule has 1 saturated carbocycles. The van der Waals surface area contributed by atoms with Gasteiger partial charge in [0.1, 0.15) is 5.75 Å². The summed E-state index contributed by atoms with van der Waals surface area (Å²) >= 11 is 6.00. The summed E-state index contributed by atoms with van der Waals surface area (Å²) in [6.07, 6.45) is 3.24. The number of ether oxygens (including phenoxy) is 1. The van der Waals surface area contributed by atoms with Gasteiger partial charge >= 0.3 is 5.97 Å². The van der Waals surface area contributed by atoms with Crippen LogP contribution in [0.2, 0.25) is 5.02 Å². The minimum Gasteiger partial charge on any atom is -0.497 e. The van der Waals surface area contributed by atoms with Crippen LogP contribution in [0.25, 0.3) is 0 Å². The maximum atomic E-state index is 11.6. The molecule has 0 bridgehead atoms. The summed E-state index contributed by atoms with van der Waals surface area (Å²) in [5, 5.41) is 10.0. The number of halogens is 1. The molecule has 3 nitrogen and oxygen atoms in total. The van der Waals surface area contributed by atoms with Gasteiger partial charge in [-0.05, 0) is 36.6 Å². The highest BCUT2D eigenvalue weighted by Crippen LogP contribution is 2.43. The van der Waals surface area contributed by atoms with E-state index in [2.05, 4.69) is 0 Å². The number of carbonyl (C=O) groups is 1. The molecule has 0 aliphatic heterocycles. The Morgan fingerprint density at radius 2 is 2.00 bits per heavy atom. The molecule has 0 radical (unpaired) electrons. The van der Waals surface area contributed by atoms with Crippen molar-refractivity contribution in [3.05, 3.63) is 28.8 Å². The van der Waals surface area contributed by atoms with E-state index < -0.39 is 11.4 Å². The van der Waals surface area contributed by atoms with E-state index in [1.165, 1.54) is 0 Å². The third-order valence-corrected chi connectivity index (χ3v) is 3.74. The van der Waals surface area contributed by atoms with Crippen LogP contribution in [0.3, 0.4) is 0 Å². The van der Waals surface area contributed by atoms with Gasteiger partial charge in [0.05, 0.1) is 12.5 Å². The lowest BCUT2D eigenvalue weighted by Gasteiger charge is -2.25. The molecule has 0 unspecified atom stereocenters. The molecule has 92 valence electrons. The van der Waals surface area contributed by atoms with Gasteiger partial charge in [-0.3, -0.25) is 4.79 Å². The summed E-state index contributed by atoms with van der Waals surface area (Å²) in [6, 6.07) is 5.21. The Kier molecular flexibility index (Phi) is 3.29. The van der Waals surface area contributed by atoms with Crippen LogP contribution in [0.4, 0.5) is 0 Å². The monoisotopic (exact) mass is 254 g/mol. The highest BCUT2D eigenvalue weighted by atomic mass is 35.5. The first-order chi connectivity index (χ1) is 8.08. The van der Waals surface area contributed by atoms with Gasteiger partial charge in [-0.2, -0.15) is 0 Å². The topological polar surface area (TPSA) is 46.5 Å². The Labute approximate surface area is 105 Å². The number of aliphatic carboxylic acids is 1. The Morgan fingerprint density at radius 1 is 1.35 bits per heavy atom. The van der Waals surface area contributed by atoms with Crippen molar-refractivity contribution in [3.63, 3.8) is 0 Å². The molecule has 1 aromatic carbocycles. The van der Waals surface area contributed by atoms with Crippen molar-refractivity contribution in [3.8, 4) is 5.75 Å². The molecule has 0 amide bonds. The molecular weight excluding hydrogens is 240 g/mol. The maximum Gasteiger partial charge on any atom is 0.314 e. The van der Waals surface area contributed by atoms with Crippen LogP contribution in [0, 0.1) is 0 Å². The zero-order valence-corrected chi connectivity index (χ0v) is 10.5. The predicted octanol–water partition coefficient (Wildman–Crippen LogP) is 3.25. The lowest BCUT2D eigenvalue weighted by molar-refractivity contribution is -0.143. The van der Waals surface area contributed by atoms with E-state index in [0.717, 1.165) is 18.4 Å². The van der Waals surface area contributed by atoms with Crippen molar-refractivity contribution in [1.29, 1.82) is 0 Å². The van der Waals surface area contributed by atoms with E-state index >= 15 is 0 Å². The number of carboxylic acid groups (broad SMARTS) is 1. The van der Waals surface area contributed by atoms with Gasteiger partial charge in [0.25, 0.3) is 0 Å². The Morgan fingerprint density at radius 3 is 2.53 bits per heavy atom. The molecule has 1 fully saturated rings. The highest BCUT2D eigenvalue weighted by Gasteiger charge is 2.43. The number of hydrogen-bond donors (Lipinski definition) is 1. The van der Waals surface area contributed by atoms with E-state index in [1.807, 2.05) is 0 Å². The lowest BCUT2D eigenvalue weighted by Crippen LogP contribution is -2.32. The van der Waals surface area contributed by atoms with Gasteiger partial charge in [-0.15, -0.1) is 0 Å². The van der Waals surface area contributed by atoms with Crippen molar-refractivity contribution in [2.24, 2.45) is 0 Å². The summed E-state index contributed by atoms with van der Waals surface area (Å²) in [4.78, 5) is 11.6. The molecule has 0 spiro atoms. The van der Waals surface area contributed by atoms with Crippen LogP contribution in [0.1, 0.15) is 31.2 Å². The maximum absolute atomic E-state index is 11.6. The van der Waals surface area contributed by atoms with Crippen molar-refractivity contribution < 1.29 is 14.6 Å². The van der Waals surface area contributed by atoms with Crippen molar-refractivity contribution >= 4 is 17.6 Å². The number of rotatable bonds is 3. The summed E-state index contributed by atoms with van der Waals surface area (Å²) < 4.78 is 5.14. The number of methoxy groups -OCH3 is 1.